The lowest BCUT2D eigenvalue weighted by Crippen LogP contribution is -2.36. The van der Waals surface area contributed by atoms with Gasteiger partial charge in [0.2, 0.25) is 0 Å². The third kappa shape index (κ3) is 5.20. The average Bonchev–Trinajstić information content (AvgIpc) is 2.25. The first kappa shape index (κ1) is 14.5. The fourth-order valence-corrected chi connectivity index (χ4v) is 1.53. The maximum atomic E-state index is 13.2. The molecule has 0 aromatic heterocycles. The van der Waals surface area contributed by atoms with Crippen molar-refractivity contribution in [2.24, 2.45) is 5.73 Å². The first-order chi connectivity index (χ1) is 8.49. The summed E-state index contributed by atoms with van der Waals surface area (Å²) in [6, 6.07) is 2.96. The first-order valence-electron chi connectivity index (χ1n) is 5.61. The summed E-state index contributed by atoms with van der Waals surface area (Å²) in [5.41, 5.74) is 5.95. The highest BCUT2D eigenvalue weighted by atomic mass is 19.1. The van der Waals surface area contributed by atoms with E-state index < -0.39 is 23.6 Å². The SMILES string of the molecule is NC(CNCCc1ccc(F)cc1F)CC(=O)O. The molecule has 1 unspecified atom stereocenters. The number of halogens is 2. The van der Waals surface area contributed by atoms with Crippen LogP contribution >= 0.6 is 0 Å². The van der Waals surface area contributed by atoms with Gasteiger partial charge in [-0.2, -0.15) is 0 Å². The van der Waals surface area contributed by atoms with Crippen molar-refractivity contribution in [3.63, 3.8) is 0 Å². The minimum absolute atomic E-state index is 0.113. The van der Waals surface area contributed by atoms with Gasteiger partial charge in [0.1, 0.15) is 11.6 Å². The van der Waals surface area contributed by atoms with Crippen LogP contribution in [0, 0.1) is 11.6 Å². The number of hydrogen-bond acceptors (Lipinski definition) is 3. The van der Waals surface area contributed by atoms with Crippen LogP contribution in [-0.4, -0.2) is 30.2 Å². The predicted molar refractivity (Wildman–Crippen MR) is 63.2 cm³/mol. The Hall–Kier alpha value is -1.53. The van der Waals surface area contributed by atoms with Crippen LogP contribution in [-0.2, 0) is 11.2 Å². The van der Waals surface area contributed by atoms with Crippen LogP contribution in [0.4, 0.5) is 8.78 Å². The molecule has 0 aliphatic heterocycles. The third-order valence-electron chi connectivity index (χ3n) is 2.43. The lowest BCUT2D eigenvalue weighted by molar-refractivity contribution is -0.137. The quantitative estimate of drug-likeness (QED) is 0.635. The number of benzene rings is 1. The summed E-state index contributed by atoms with van der Waals surface area (Å²) in [4.78, 5) is 10.3. The Morgan fingerprint density at radius 2 is 2.17 bits per heavy atom. The number of hydrogen-bond donors (Lipinski definition) is 3. The van der Waals surface area contributed by atoms with Crippen LogP contribution < -0.4 is 11.1 Å². The highest BCUT2D eigenvalue weighted by molar-refractivity contribution is 5.67. The van der Waals surface area contributed by atoms with Gasteiger partial charge in [-0.3, -0.25) is 4.79 Å². The largest absolute Gasteiger partial charge is 0.481 e. The zero-order valence-corrected chi connectivity index (χ0v) is 9.83. The van der Waals surface area contributed by atoms with E-state index in [1.165, 1.54) is 12.1 Å². The highest BCUT2D eigenvalue weighted by Gasteiger charge is 2.07. The van der Waals surface area contributed by atoms with E-state index in [0.29, 0.717) is 25.1 Å². The van der Waals surface area contributed by atoms with E-state index in [-0.39, 0.29) is 6.42 Å². The van der Waals surface area contributed by atoms with Gasteiger partial charge in [0, 0.05) is 18.7 Å². The van der Waals surface area contributed by atoms with Gasteiger partial charge in [-0.15, -0.1) is 0 Å². The molecule has 0 saturated heterocycles. The van der Waals surface area contributed by atoms with Gasteiger partial charge >= 0.3 is 5.97 Å². The van der Waals surface area contributed by atoms with Gasteiger partial charge in [-0.25, -0.2) is 8.78 Å². The van der Waals surface area contributed by atoms with Crippen molar-refractivity contribution >= 4 is 5.97 Å². The Kier molecular flexibility index (Phi) is 5.67. The van der Waals surface area contributed by atoms with Crippen molar-refractivity contribution < 1.29 is 18.7 Å². The number of rotatable bonds is 7. The summed E-state index contributed by atoms with van der Waals surface area (Å²) < 4.78 is 25.9. The molecule has 0 heterocycles. The first-order valence-corrected chi connectivity index (χ1v) is 5.61. The smallest absolute Gasteiger partial charge is 0.304 e. The fourth-order valence-electron chi connectivity index (χ4n) is 1.53. The minimum Gasteiger partial charge on any atom is -0.481 e. The molecule has 6 heteroatoms. The molecule has 0 aliphatic rings. The Bertz CT molecular complexity index is 413. The maximum Gasteiger partial charge on any atom is 0.304 e. The molecule has 100 valence electrons. The van der Waals surface area contributed by atoms with E-state index in [4.69, 9.17) is 10.8 Å². The zero-order valence-electron chi connectivity index (χ0n) is 9.83. The Morgan fingerprint density at radius 1 is 1.44 bits per heavy atom. The van der Waals surface area contributed by atoms with E-state index in [0.717, 1.165) is 6.07 Å². The summed E-state index contributed by atoms with van der Waals surface area (Å²) in [6.45, 7) is 0.797. The Labute approximate surface area is 104 Å². The predicted octanol–water partition coefficient (Wildman–Crippen LogP) is 0.899. The number of aliphatic carboxylic acids is 1. The molecule has 0 spiro atoms. The minimum atomic E-state index is -0.950. The van der Waals surface area contributed by atoms with Crippen LogP contribution in [0.3, 0.4) is 0 Å². The second kappa shape index (κ2) is 7.03. The zero-order chi connectivity index (χ0) is 13.5. The highest BCUT2D eigenvalue weighted by Crippen LogP contribution is 2.09. The van der Waals surface area contributed by atoms with Crippen LogP contribution in [0.5, 0.6) is 0 Å². The molecule has 1 rings (SSSR count). The molecule has 0 radical (unpaired) electrons. The molecular formula is C12H16F2N2O2. The maximum absolute atomic E-state index is 13.2. The van der Waals surface area contributed by atoms with E-state index in [9.17, 15) is 13.6 Å². The van der Waals surface area contributed by atoms with Gasteiger partial charge < -0.3 is 16.2 Å². The van der Waals surface area contributed by atoms with E-state index in [1.807, 2.05) is 0 Å². The van der Waals surface area contributed by atoms with Crippen LogP contribution in [0.25, 0.3) is 0 Å². The fraction of sp³-hybridized carbons (Fsp3) is 0.417. The Balaban J connectivity index is 2.27. The third-order valence-corrected chi connectivity index (χ3v) is 2.43. The summed E-state index contributed by atoms with van der Waals surface area (Å²) >= 11 is 0. The van der Waals surface area contributed by atoms with Crippen molar-refractivity contribution in [2.45, 2.75) is 18.9 Å². The second-order valence-corrected chi connectivity index (χ2v) is 4.05. The summed E-state index contributed by atoms with van der Waals surface area (Å²) in [7, 11) is 0. The average molecular weight is 258 g/mol. The van der Waals surface area contributed by atoms with Gasteiger partial charge in [0.05, 0.1) is 6.42 Å². The summed E-state index contributed by atoms with van der Waals surface area (Å²) in [5, 5.41) is 11.4. The molecule has 0 bridgehead atoms. The monoisotopic (exact) mass is 258 g/mol. The molecule has 0 aliphatic carbocycles. The Morgan fingerprint density at radius 3 is 2.78 bits per heavy atom. The topological polar surface area (TPSA) is 75.3 Å². The standard InChI is InChI=1S/C12H16F2N2O2/c13-9-2-1-8(11(14)5-9)3-4-16-7-10(15)6-12(17)18/h1-2,5,10,16H,3-4,6-7,15H2,(H,17,18). The molecule has 0 saturated carbocycles. The van der Waals surface area contributed by atoms with Crippen molar-refractivity contribution in [1.29, 1.82) is 0 Å². The van der Waals surface area contributed by atoms with Gasteiger partial charge in [0.15, 0.2) is 0 Å². The number of carboxylic acid groups (broad SMARTS) is 1. The van der Waals surface area contributed by atoms with E-state index >= 15 is 0 Å². The molecular weight excluding hydrogens is 242 g/mol. The number of carbonyl (C=O) groups is 1. The number of carboxylic acids is 1. The summed E-state index contributed by atoms with van der Waals surface area (Å²) in [6.07, 6.45) is 0.282. The van der Waals surface area contributed by atoms with Gasteiger partial charge in [-0.1, -0.05) is 6.07 Å². The number of nitrogens with two attached hydrogens (primary N) is 1. The van der Waals surface area contributed by atoms with Crippen molar-refractivity contribution in [2.75, 3.05) is 13.1 Å². The normalized spacial score (nSPS) is 12.4. The molecule has 4 nitrogen and oxygen atoms in total. The summed E-state index contributed by atoms with van der Waals surface area (Å²) in [5.74, 6) is -2.13. The van der Waals surface area contributed by atoms with Crippen LogP contribution in [0.1, 0.15) is 12.0 Å². The van der Waals surface area contributed by atoms with Crippen LogP contribution in [0.2, 0.25) is 0 Å². The van der Waals surface area contributed by atoms with Crippen LogP contribution in [0.15, 0.2) is 18.2 Å². The van der Waals surface area contributed by atoms with Crippen molar-refractivity contribution in [3.8, 4) is 0 Å². The lowest BCUT2D eigenvalue weighted by atomic mass is 10.1. The van der Waals surface area contributed by atoms with Crippen molar-refractivity contribution in [1.82, 2.24) is 5.32 Å². The lowest BCUT2D eigenvalue weighted by Gasteiger charge is -2.10. The van der Waals surface area contributed by atoms with E-state index in [2.05, 4.69) is 5.32 Å². The molecule has 4 N–H and O–H groups in total. The molecule has 1 aromatic rings. The van der Waals surface area contributed by atoms with Gasteiger partial charge in [0.25, 0.3) is 0 Å². The molecule has 1 atom stereocenters. The van der Waals surface area contributed by atoms with E-state index in [1.54, 1.807) is 0 Å². The molecule has 1 aromatic carbocycles. The molecule has 0 amide bonds. The molecule has 0 fully saturated rings. The number of nitrogens with one attached hydrogen (secondary N) is 1. The van der Waals surface area contributed by atoms with Gasteiger partial charge in [-0.05, 0) is 24.6 Å². The molecule has 18 heavy (non-hydrogen) atoms. The van der Waals surface area contributed by atoms with Crippen molar-refractivity contribution in [3.05, 3.63) is 35.4 Å². The second-order valence-electron chi connectivity index (χ2n) is 4.05.